The number of aliphatic hydroxyl groups is 1. The average molecular weight is 233 g/mol. The Morgan fingerprint density at radius 2 is 2.12 bits per heavy atom. The zero-order valence-electron chi connectivity index (χ0n) is 10.1. The first kappa shape index (κ1) is 11.1. The van der Waals surface area contributed by atoms with Crippen molar-refractivity contribution in [2.45, 2.75) is 12.8 Å². The van der Waals surface area contributed by atoms with Crippen LogP contribution in [0.2, 0.25) is 0 Å². The van der Waals surface area contributed by atoms with E-state index in [0.717, 1.165) is 13.1 Å². The molecule has 3 nitrogen and oxygen atoms in total. The third-order valence-electron chi connectivity index (χ3n) is 3.88. The van der Waals surface area contributed by atoms with Gasteiger partial charge in [0.1, 0.15) is 0 Å². The fourth-order valence-electron chi connectivity index (χ4n) is 2.80. The molecule has 3 heteroatoms. The zero-order chi connectivity index (χ0) is 11.7. The van der Waals surface area contributed by atoms with Crippen molar-refractivity contribution in [2.24, 2.45) is 5.41 Å². The molecule has 1 saturated heterocycles. The molecule has 0 radical (unpaired) electrons. The number of rotatable bonds is 3. The van der Waals surface area contributed by atoms with Crippen molar-refractivity contribution in [2.75, 3.05) is 37.8 Å². The van der Waals surface area contributed by atoms with Crippen LogP contribution in [-0.4, -0.2) is 38.0 Å². The van der Waals surface area contributed by atoms with Gasteiger partial charge in [0.05, 0.1) is 25.2 Å². The number of anilines is 1. The van der Waals surface area contributed by atoms with E-state index in [2.05, 4.69) is 29.2 Å². The highest BCUT2D eigenvalue weighted by Gasteiger charge is 2.40. The fraction of sp³-hybridized carbons (Fsp3) is 0.571. The molecular weight excluding hydrogens is 214 g/mol. The molecular formula is C14H19NO2. The molecule has 0 amide bonds. The molecule has 92 valence electrons. The fourth-order valence-corrected chi connectivity index (χ4v) is 2.80. The molecule has 0 saturated carbocycles. The number of ether oxygens (including phenoxy) is 1. The third-order valence-corrected chi connectivity index (χ3v) is 3.88. The van der Waals surface area contributed by atoms with Gasteiger partial charge in [0.25, 0.3) is 0 Å². The Bertz CT molecular complexity index is 395. The molecule has 1 aromatic rings. The van der Waals surface area contributed by atoms with Crippen LogP contribution in [0.5, 0.6) is 0 Å². The normalized spacial score (nSPS) is 21.8. The van der Waals surface area contributed by atoms with E-state index in [4.69, 9.17) is 4.74 Å². The number of para-hydroxylation sites is 1. The topological polar surface area (TPSA) is 32.7 Å². The summed E-state index contributed by atoms with van der Waals surface area (Å²) in [5.41, 5.74) is 2.76. The van der Waals surface area contributed by atoms with Gasteiger partial charge in [0, 0.05) is 18.8 Å². The molecule has 2 aliphatic heterocycles. The van der Waals surface area contributed by atoms with E-state index < -0.39 is 0 Å². The van der Waals surface area contributed by atoms with E-state index in [1.165, 1.54) is 24.1 Å². The highest BCUT2D eigenvalue weighted by atomic mass is 16.5. The lowest BCUT2D eigenvalue weighted by atomic mass is 9.85. The molecule has 1 aromatic carbocycles. The van der Waals surface area contributed by atoms with Crippen molar-refractivity contribution in [3.05, 3.63) is 29.8 Å². The quantitative estimate of drug-likeness (QED) is 0.857. The second-order valence-corrected chi connectivity index (χ2v) is 5.30. The summed E-state index contributed by atoms with van der Waals surface area (Å²) in [6.07, 6.45) is 2.38. The molecule has 1 fully saturated rings. The van der Waals surface area contributed by atoms with Gasteiger partial charge in [-0.1, -0.05) is 18.2 Å². The van der Waals surface area contributed by atoms with E-state index >= 15 is 0 Å². The van der Waals surface area contributed by atoms with E-state index in [1.807, 2.05) is 0 Å². The largest absolute Gasteiger partial charge is 0.396 e. The van der Waals surface area contributed by atoms with Crippen LogP contribution in [0, 0.1) is 5.41 Å². The van der Waals surface area contributed by atoms with Crippen LogP contribution < -0.4 is 4.90 Å². The van der Waals surface area contributed by atoms with Gasteiger partial charge in [-0.2, -0.15) is 0 Å². The van der Waals surface area contributed by atoms with E-state index in [1.54, 1.807) is 0 Å². The Labute approximate surface area is 102 Å². The lowest BCUT2D eigenvalue weighted by Crippen LogP contribution is -2.54. The van der Waals surface area contributed by atoms with Crippen molar-refractivity contribution >= 4 is 5.69 Å². The van der Waals surface area contributed by atoms with Crippen LogP contribution in [0.15, 0.2) is 24.3 Å². The summed E-state index contributed by atoms with van der Waals surface area (Å²) in [6.45, 7) is 3.63. The molecule has 2 heterocycles. The molecule has 0 aromatic heterocycles. The van der Waals surface area contributed by atoms with Crippen LogP contribution in [0.4, 0.5) is 5.69 Å². The minimum absolute atomic E-state index is 0.0234. The number of fused-ring (bicyclic) bond motifs is 1. The van der Waals surface area contributed by atoms with E-state index in [9.17, 15) is 5.11 Å². The standard InChI is InChI=1S/C14H19NO2/c16-9-14(10-17-11-14)8-15-7-3-5-12-4-1-2-6-13(12)15/h1-2,4,6,16H,3,5,7-11H2. The van der Waals surface area contributed by atoms with Crippen molar-refractivity contribution in [3.63, 3.8) is 0 Å². The van der Waals surface area contributed by atoms with Gasteiger partial charge in [-0.05, 0) is 24.5 Å². The van der Waals surface area contributed by atoms with E-state index in [-0.39, 0.29) is 12.0 Å². The Morgan fingerprint density at radius 1 is 1.29 bits per heavy atom. The summed E-state index contributed by atoms with van der Waals surface area (Å²) in [6, 6.07) is 8.61. The first-order valence-corrected chi connectivity index (χ1v) is 6.34. The number of aliphatic hydroxyl groups excluding tert-OH is 1. The molecule has 0 aliphatic carbocycles. The lowest BCUT2D eigenvalue weighted by molar-refractivity contribution is -0.131. The second-order valence-electron chi connectivity index (χ2n) is 5.30. The predicted molar refractivity (Wildman–Crippen MR) is 67.3 cm³/mol. The summed E-state index contributed by atoms with van der Waals surface area (Å²) < 4.78 is 5.27. The highest BCUT2D eigenvalue weighted by molar-refractivity contribution is 5.55. The highest BCUT2D eigenvalue weighted by Crippen LogP contribution is 2.33. The summed E-state index contributed by atoms with van der Waals surface area (Å²) in [7, 11) is 0. The Morgan fingerprint density at radius 3 is 2.82 bits per heavy atom. The molecule has 0 atom stereocenters. The maximum atomic E-state index is 9.51. The summed E-state index contributed by atoms with van der Waals surface area (Å²) >= 11 is 0. The number of benzene rings is 1. The molecule has 0 spiro atoms. The Kier molecular flexibility index (Phi) is 2.81. The van der Waals surface area contributed by atoms with Crippen LogP contribution in [0.1, 0.15) is 12.0 Å². The molecule has 17 heavy (non-hydrogen) atoms. The van der Waals surface area contributed by atoms with Gasteiger partial charge in [-0.3, -0.25) is 0 Å². The van der Waals surface area contributed by atoms with Crippen molar-refractivity contribution in [3.8, 4) is 0 Å². The minimum Gasteiger partial charge on any atom is -0.396 e. The molecule has 0 unspecified atom stereocenters. The van der Waals surface area contributed by atoms with Gasteiger partial charge in [-0.15, -0.1) is 0 Å². The van der Waals surface area contributed by atoms with Gasteiger partial charge in [-0.25, -0.2) is 0 Å². The number of hydrogen-bond acceptors (Lipinski definition) is 3. The summed E-state index contributed by atoms with van der Waals surface area (Å²) in [5, 5.41) is 9.51. The monoisotopic (exact) mass is 233 g/mol. The van der Waals surface area contributed by atoms with E-state index in [0.29, 0.717) is 13.2 Å². The minimum atomic E-state index is -0.0234. The van der Waals surface area contributed by atoms with Crippen molar-refractivity contribution in [1.29, 1.82) is 0 Å². The molecule has 2 aliphatic rings. The smallest absolute Gasteiger partial charge is 0.0584 e. The number of aryl methyl sites for hydroxylation is 1. The van der Waals surface area contributed by atoms with Gasteiger partial charge < -0.3 is 14.7 Å². The summed E-state index contributed by atoms with van der Waals surface area (Å²) in [4.78, 5) is 2.41. The van der Waals surface area contributed by atoms with Crippen molar-refractivity contribution < 1.29 is 9.84 Å². The molecule has 3 rings (SSSR count). The molecule has 1 N–H and O–H groups in total. The van der Waals surface area contributed by atoms with Gasteiger partial charge in [0.15, 0.2) is 0 Å². The predicted octanol–water partition coefficient (Wildman–Crippen LogP) is 1.45. The number of nitrogens with zero attached hydrogens (tertiary/aromatic N) is 1. The van der Waals surface area contributed by atoms with Crippen LogP contribution >= 0.6 is 0 Å². The first-order chi connectivity index (χ1) is 8.33. The first-order valence-electron chi connectivity index (χ1n) is 6.34. The average Bonchev–Trinajstić information content (AvgIpc) is 2.34. The maximum absolute atomic E-state index is 9.51. The van der Waals surface area contributed by atoms with Gasteiger partial charge in [0.2, 0.25) is 0 Å². The third kappa shape index (κ3) is 1.94. The second kappa shape index (κ2) is 4.31. The summed E-state index contributed by atoms with van der Waals surface area (Å²) in [5.74, 6) is 0. The van der Waals surface area contributed by atoms with Crippen LogP contribution in [-0.2, 0) is 11.2 Å². The van der Waals surface area contributed by atoms with Crippen LogP contribution in [0.3, 0.4) is 0 Å². The zero-order valence-corrected chi connectivity index (χ0v) is 10.1. The number of hydrogen-bond donors (Lipinski definition) is 1. The SMILES string of the molecule is OCC1(CN2CCCc3ccccc32)COC1. The van der Waals surface area contributed by atoms with Crippen molar-refractivity contribution in [1.82, 2.24) is 0 Å². The van der Waals surface area contributed by atoms with Crippen LogP contribution in [0.25, 0.3) is 0 Å². The van der Waals surface area contributed by atoms with Gasteiger partial charge >= 0.3 is 0 Å². The molecule has 0 bridgehead atoms. The Hall–Kier alpha value is -1.06. The Balaban J connectivity index is 1.81. The maximum Gasteiger partial charge on any atom is 0.0584 e. The lowest BCUT2D eigenvalue weighted by Gasteiger charge is -2.45.